The molecule has 0 radical (unpaired) electrons. The van der Waals surface area contributed by atoms with Gasteiger partial charge in [0.15, 0.2) is 0 Å². The van der Waals surface area contributed by atoms with E-state index in [9.17, 15) is 4.79 Å². The summed E-state index contributed by atoms with van der Waals surface area (Å²) in [6.45, 7) is 1.28. The fourth-order valence-corrected chi connectivity index (χ4v) is 4.34. The highest BCUT2D eigenvalue weighted by atomic mass is 16.5. The summed E-state index contributed by atoms with van der Waals surface area (Å²) in [5.74, 6) is 2.75. The van der Waals surface area contributed by atoms with Crippen molar-refractivity contribution in [2.75, 3.05) is 13.2 Å². The van der Waals surface area contributed by atoms with Crippen molar-refractivity contribution in [1.82, 2.24) is 0 Å². The molecular formula is C17H26N2O2. The van der Waals surface area contributed by atoms with Crippen LogP contribution >= 0.6 is 0 Å². The van der Waals surface area contributed by atoms with E-state index < -0.39 is 0 Å². The van der Waals surface area contributed by atoms with E-state index in [4.69, 9.17) is 10.00 Å². The highest BCUT2D eigenvalue weighted by Gasteiger charge is 2.28. The molecule has 0 aromatic rings. The van der Waals surface area contributed by atoms with E-state index in [1.54, 1.807) is 12.3 Å². The second-order valence-electron chi connectivity index (χ2n) is 6.87. The number of aliphatic imine (C=N–C) groups is 1. The summed E-state index contributed by atoms with van der Waals surface area (Å²) >= 11 is 0. The van der Waals surface area contributed by atoms with Gasteiger partial charge >= 0.3 is 0 Å². The Morgan fingerprint density at radius 2 is 1.62 bits per heavy atom. The number of isocyanates is 1. The summed E-state index contributed by atoms with van der Waals surface area (Å²) in [5, 5.41) is 8.52. The lowest BCUT2D eigenvalue weighted by molar-refractivity contribution is 0.131. The Morgan fingerprint density at radius 1 is 1.00 bits per heavy atom. The van der Waals surface area contributed by atoms with Crippen LogP contribution in [0.5, 0.6) is 0 Å². The molecule has 2 rings (SSSR count). The number of hydrogen-bond donors (Lipinski definition) is 0. The third-order valence-corrected chi connectivity index (χ3v) is 5.25. The number of hydrogen-bond acceptors (Lipinski definition) is 4. The smallest absolute Gasteiger partial charge is 0.286 e. The van der Waals surface area contributed by atoms with Gasteiger partial charge in [-0.25, -0.2) is 9.79 Å². The summed E-state index contributed by atoms with van der Waals surface area (Å²) in [6, 6.07) is 0. The molecule has 2 aliphatic carbocycles. The molecule has 0 N–H and O–H groups in total. The van der Waals surface area contributed by atoms with Crippen LogP contribution in [0.1, 0.15) is 57.8 Å². The van der Waals surface area contributed by atoms with Crippen LogP contribution in [0, 0.1) is 35.2 Å². The average molecular weight is 290 g/mol. The Bertz CT molecular complexity index is 398. The molecule has 4 unspecified atom stereocenters. The fourth-order valence-electron chi connectivity index (χ4n) is 4.34. The fraction of sp³-hybridized carbons (Fsp3) is 0.882. The quantitative estimate of drug-likeness (QED) is 0.424. The van der Waals surface area contributed by atoms with Gasteiger partial charge < -0.3 is 4.74 Å². The lowest BCUT2D eigenvalue weighted by atomic mass is 9.72. The topological polar surface area (TPSA) is 62.4 Å². The standard InChI is InChI=1S/C17H26N2O2/c18-12-21-11-17-6-2-4-15(9-17)7-14-3-1-5-16(8-14)10-19-13-20/h14-17H,1-11H2. The second-order valence-corrected chi connectivity index (χ2v) is 6.87. The van der Waals surface area contributed by atoms with Crippen LogP contribution in [-0.4, -0.2) is 19.2 Å². The molecule has 0 saturated heterocycles. The van der Waals surface area contributed by atoms with E-state index in [1.807, 2.05) is 0 Å². The predicted molar refractivity (Wildman–Crippen MR) is 80.1 cm³/mol. The average Bonchev–Trinajstić information content (AvgIpc) is 2.52. The van der Waals surface area contributed by atoms with Crippen molar-refractivity contribution in [1.29, 1.82) is 5.26 Å². The summed E-state index contributed by atoms with van der Waals surface area (Å²) in [6.07, 6.45) is 14.8. The van der Waals surface area contributed by atoms with E-state index in [-0.39, 0.29) is 0 Å². The zero-order valence-electron chi connectivity index (χ0n) is 12.8. The number of ether oxygens (including phenoxy) is 1. The van der Waals surface area contributed by atoms with Gasteiger partial charge in [-0.2, -0.15) is 5.26 Å². The van der Waals surface area contributed by atoms with Gasteiger partial charge in [-0.3, -0.25) is 0 Å². The van der Waals surface area contributed by atoms with E-state index in [0.717, 1.165) is 11.8 Å². The van der Waals surface area contributed by atoms with Crippen LogP contribution in [0.3, 0.4) is 0 Å². The Morgan fingerprint density at radius 3 is 2.29 bits per heavy atom. The zero-order chi connectivity index (χ0) is 14.9. The van der Waals surface area contributed by atoms with Crippen molar-refractivity contribution in [2.24, 2.45) is 28.7 Å². The first-order valence-corrected chi connectivity index (χ1v) is 8.36. The molecule has 0 amide bonds. The Hall–Kier alpha value is -1.33. The van der Waals surface area contributed by atoms with E-state index in [1.165, 1.54) is 57.8 Å². The number of nitriles is 1. The lowest BCUT2D eigenvalue weighted by Crippen LogP contribution is -2.24. The summed E-state index contributed by atoms with van der Waals surface area (Å²) in [4.78, 5) is 14.0. The van der Waals surface area contributed by atoms with Gasteiger partial charge in [0.05, 0.1) is 6.54 Å². The molecule has 2 fully saturated rings. The monoisotopic (exact) mass is 290 g/mol. The molecule has 4 nitrogen and oxygen atoms in total. The molecule has 0 aromatic heterocycles. The SMILES string of the molecule is N#COCC1CCCC(CC2CCCC(CN=C=O)C2)C1. The molecule has 116 valence electrons. The second kappa shape index (κ2) is 8.85. The number of carbonyl (C=O) groups excluding carboxylic acids is 1. The summed E-state index contributed by atoms with van der Waals surface area (Å²) in [5.41, 5.74) is 0. The first-order valence-electron chi connectivity index (χ1n) is 8.36. The molecule has 4 heteroatoms. The van der Waals surface area contributed by atoms with Crippen LogP contribution < -0.4 is 0 Å². The van der Waals surface area contributed by atoms with Crippen molar-refractivity contribution in [3.63, 3.8) is 0 Å². The largest absolute Gasteiger partial charge is 0.427 e. The van der Waals surface area contributed by atoms with Crippen molar-refractivity contribution >= 4 is 6.08 Å². The Kier molecular flexibility index (Phi) is 6.76. The zero-order valence-corrected chi connectivity index (χ0v) is 12.8. The van der Waals surface area contributed by atoms with Gasteiger partial charge in [0.25, 0.3) is 6.26 Å². The van der Waals surface area contributed by atoms with Crippen LogP contribution in [-0.2, 0) is 9.53 Å². The predicted octanol–water partition coefficient (Wildman–Crippen LogP) is 3.82. The van der Waals surface area contributed by atoms with Crippen molar-refractivity contribution in [3.8, 4) is 6.26 Å². The third-order valence-electron chi connectivity index (χ3n) is 5.25. The lowest BCUT2D eigenvalue weighted by Gasteiger charge is -2.34. The van der Waals surface area contributed by atoms with Crippen molar-refractivity contribution in [2.45, 2.75) is 57.8 Å². The van der Waals surface area contributed by atoms with Crippen LogP contribution in [0.15, 0.2) is 4.99 Å². The highest BCUT2D eigenvalue weighted by Crippen LogP contribution is 2.38. The minimum atomic E-state index is 0.572. The molecule has 0 heterocycles. The molecule has 0 aliphatic heterocycles. The van der Waals surface area contributed by atoms with Crippen LogP contribution in [0.2, 0.25) is 0 Å². The third kappa shape index (κ3) is 5.52. The first kappa shape index (κ1) is 16.0. The molecule has 0 spiro atoms. The maximum Gasteiger partial charge on any atom is 0.286 e. The summed E-state index contributed by atoms with van der Waals surface area (Å²) < 4.78 is 4.93. The minimum absolute atomic E-state index is 0.572. The molecule has 21 heavy (non-hydrogen) atoms. The molecule has 0 aromatic carbocycles. The minimum Gasteiger partial charge on any atom is -0.427 e. The van der Waals surface area contributed by atoms with E-state index >= 15 is 0 Å². The summed E-state index contributed by atoms with van der Waals surface area (Å²) in [7, 11) is 0. The molecular weight excluding hydrogens is 264 g/mol. The Balaban J connectivity index is 1.75. The van der Waals surface area contributed by atoms with Gasteiger partial charge in [0, 0.05) is 0 Å². The van der Waals surface area contributed by atoms with Crippen molar-refractivity contribution in [3.05, 3.63) is 0 Å². The van der Waals surface area contributed by atoms with Crippen LogP contribution in [0.25, 0.3) is 0 Å². The highest BCUT2D eigenvalue weighted by molar-refractivity contribution is 5.32. The number of rotatable bonds is 6. The maximum absolute atomic E-state index is 10.2. The number of nitrogens with zero attached hydrogens (tertiary/aromatic N) is 2. The van der Waals surface area contributed by atoms with Gasteiger partial charge in [0.1, 0.15) is 6.61 Å². The van der Waals surface area contributed by atoms with E-state index in [2.05, 4.69) is 4.99 Å². The Labute approximate surface area is 127 Å². The van der Waals surface area contributed by atoms with Crippen molar-refractivity contribution < 1.29 is 9.53 Å². The van der Waals surface area contributed by atoms with Gasteiger partial charge in [-0.15, -0.1) is 0 Å². The normalized spacial score (nSPS) is 32.7. The molecule has 2 saturated carbocycles. The van der Waals surface area contributed by atoms with Gasteiger partial charge in [-0.05, 0) is 55.8 Å². The van der Waals surface area contributed by atoms with Gasteiger partial charge in [-0.1, -0.05) is 25.7 Å². The van der Waals surface area contributed by atoms with E-state index in [0.29, 0.717) is 25.0 Å². The molecule has 4 atom stereocenters. The molecule has 0 bridgehead atoms. The maximum atomic E-state index is 10.2. The molecule has 2 aliphatic rings. The van der Waals surface area contributed by atoms with Crippen LogP contribution in [0.4, 0.5) is 0 Å². The van der Waals surface area contributed by atoms with Gasteiger partial charge in [0.2, 0.25) is 6.08 Å². The first-order chi connectivity index (χ1) is 10.3.